The van der Waals surface area contributed by atoms with Crippen LogP contribution in [0.4, 0.5) is 5.95 Å². The molecule has 1 fully saturated rings. The van der Waals surface area contributed by atoms with E-state index in [2.05, 4.69) is 36.5 Å². The highest BCUT2D eigenvalue weighted by Crippen LogP contribution is 2.26. The Morgan fingerprint density at radius 3 is 3.06 bits per heavy atom. The van der Waals surface area contributed by atoms with Gasteiger partial charge in [0.05, 0.1) is 10.2 Å². The lowest BCUT2D eigenvalue weighted by molar-refractivity contribution is -0.118. The summed E-state index contributed by atoms with van der Waals surface area (Å²) < 4.78 is 0.806. The van der Waals surface area contributed by atoms with Gasteiger partial charge in [0.15, 0.2) is 0 Å². The number of halogens is 1. The Labute approximate surface area is 112 Å². The molecule has 0 spiro atoms. The minimum Gasteiger partial charge on any atom is -0.357 e. The molecule has 0 radical (unpaired) electrons. The SMILES string of the molecule is CNc1ncc(Br)c(SCC(=O)NC2CC2)n1. The maximum Gasteiger partial charge on any atom is 0.230 e. The largest absolute Gasteiger partial charge is 0.357 e. The molecular weight excluding hydrogens is 304 g/mol. The fraction of sp³-hybridized carbons (Fsp3) is 0.500. The molecule has 5 nitrogen and oxygen atoms in total. The number of nitrogens with zero attached hydrogens (tertiary/aromatic N) is 2. The van der Waals surface area contributed by atoms with Crippen LogP contribution in [0.15, 0.2) is 15.7 Å². The Morgan fingerprint density at radius 2 is 2.41 bits per heavy atom. The van der Waals surface area contributed by atoms with E-state index < -0.39 is 0 Å². The molecule has 0 aliphatic heterocycles. The van der Waals surface area contributed by atoms with Crippen molar-refractivity contribution in [2.75, 3.05) is 18.1 Å². The summed E-state index contributed by atoms with van der Waals surface area (Å²) in [6.45, 7) is 0. The van der Waals surface area contributed by atoms with E-state index in [1.165, 1.54) is 11.8 Å². The number of thioether (sulfide) groups is 1. The number of rotatable bonds is 5. The van der Waals surface area contributed by atoms with Gasteiger partial charge in [0, 0.05) is 19.3 Å². The van der Waals surface area contributed by atoms with Crippen molar-refractivity contribution in [2.45, 2.75) is 23.9 Å². The van der Waals surface area contributed by atoms with Crippen LogP contribution in [-0.2, 0) is 4.79 Å². The van der Waals surface area contributed by atoms with Crippen LogP contribution in [-0.4, -0.2) is 34.7 Å². The summed E-state index contributed by atoms with van der Waals surface area (Å²) in [7, 11) is 1.76. The molecule has 1 aliphatic rings. The molecule has 0 atom stereocenters. The minimum atomic E-state index is 0.0639. The van der Waals surface area contributed by atoms with E-state index in [1.54, 1.807) is 13.2 Å². The van der Waals surface area contributed by atoms with Gasteiger partial charge in [0.1, 0.15) is 5.03 Å². The Hall–Kier alpha value is -0.820. The molecule has 0 aromatic carbocycles. The maximum atomic E-state index is 11.5. The van der Waals surface area contributed by atoms with Crippen molar-refractivity contribution in [3.05, 3.63) is 10.7 Å². The monoisotopic (exact) mass is 316 g/mol. The fourth-order valence-electron chi connectivity index (χ4n) is 1.20. The van der Waals surface area contributed by atoms with Gasteiger partial charge < -0.3 is 10.6 Å². The molecule has 1 aromatic rings. The predicted octanol–water partition coefficient (Wildman–Crippen LogP) is 1.65. The predicted molar refractivity (Wildman–Crippen MR) is 71.2 cm³/mol. The molecule has 1 aromatic heterocycles. The molecule has 2 rings (SSSR count). The van der Waals surface area contributed by atoms with Crippen molar-refractivity contribution in [1.29, 1.82) is 0 Å². The number of carbonyl (C=O) groups excluding carboxylic acids is 1. The van der Waals surface area contributed by atoms with Gasteiger partial charge in [0.2, 0.25) is 11.9 Å². The first-order valence-corrected chi connectivity index (χ1v) is 7.09. The van der Waals surface area contributed by atoms with Crippen LogP contribution in [0.25, 0.3) is 0 Å². The first-order valence-electron chi connectivity index (χ1n) is 5.31. The summed E-state index contributed by atoms with van der Waals surface area (Å²) in [5.41, 5.74) is 0. The molecule has 1 aliphatic carbocycles. The standard InChI is InChI=1S/C10H13BrN4OS/c1-12-10-13-4-7(11)9(15-10)17-5-8(16)14-6-2-3-6/h4,6H,2-3,5H2,1H3,(H,14,16)(H,12,13,15). The fourth-order valence-corrected chi connectivity index (χ4v) is 2.43. The average molecular weight is 317 g/mol. The lowest BCUT2D eigenvalue weighted by Crippen LogP contribution is -2.27. The van der Waals surface area contributed by atoms with Crippen LogP contribution in [0.1, 0.15) is 12.8 Å². The van der Waals surface area contributed by atoms with Crippen LogP contribution in [0.5, 0.6) is 0 Å². The summed E-state index contributed by atoms with van der Waals surface area (Å²) in [5, 5.41) is 6.58. The molecule has 0 bridgehead atoms. The topological polar surface area (TPSA) is 66.9 Å². The third kappa shape index (κ3) is 3.85. The van der Waals surface area contributed by atoms with E-state index in [-0.39, 0.29) is 5.91 Å². The van der Waals surface area contributed by atoms with E-state index in [0.717, 1.165) is 22.3 Å². The number of hydrogen-bond donors (Lipinski definition) is 2. The molecule has 1 heterocycles. The Bertz CT molecular complexity index is 425. The molecule has 7 heteroatoms. The van der Waals surface area contributed by atoms with Crippen LogP contribution in [0, 0.1) is 0 Å². The Morgan fingerprint density at radius 1 is 1.65 bits per heavy atom. The number of carbonyl (C=O) groups is 1. The number of anilines is 1. The summed E-state index contributed by atoms with van der Waals surface area (Å²) >= 11 is 4.77. The lowest BCUT2D eigenvalue weighted by atomic mass is 10.6. The molecule has 2 N–H and O–H groups in total. The van der Waals surface area contributed by atoms with Crippen molar-refractivity contribution in [3.8, 4) is 0 Å². The van der Waals surface area contributed by atoms with E-state index in [4.69, 9.17) is 0 Å². The number of nitrogens with one attached hydrogen (secondary N) is 2. The molecule has 0 saturated heterocycles. The average Bonchev–Trinajstić information content (AvgIpc) is 3.12. The van der Waals surface area contributed by atoms with Crippen LogP contribution in [0.3, 0.4) is 0 Å². The van der Waals surface area contributed by atoms with Gasteiger partial charge in [-0.2, -0.15) is 0 Å². The Balaban J connectivity index is 1.90. The van der Waals surface area contributed by atoms with Crippen molar-refractivity contribution in [1.82, 2.24) is 15.3 Å². The molecule has 1 amide bonds. The number of amides is 1. The summed E-state index contributed by atoms with van der Waals surface area (Å²) in [4.78, 5) is 19.9. The van der Waals surface area contributed by atoms with E-state index in [0.29, 0.717) is 17.7 Å². The number of hydrogen-bond acceptors (Lipinski definition) is 5. The van der Waals surface area contributed by atoms with Crippen LogP contribution < -0.4 is 10.6 Å². The van der Waals surface area contributed by atoms with Gasteiger partial charge in [-0.05, 0) is 28.8 Å². The highest BCUT2D eigenvalue weighted by atomic mass is 79.9. The zero-order chi connectivity index (χ0) is 12.3. The highest BCUT2D eigenvalue weighted by Gasteiger charge is 2.23. The second kappa shape index (κ2) is 5.68. The van der Waals surface area contributed by atoms with Crippen molar-refractivity contribution in [2.24, 2.45) is 0 Å². The zero-order valence-electron chi connectivity index (χ0n) is 9.36. The van der Waals surface area contributed by atoms with Crippen LogP contribution >= 0.6 is 27.7 Å². The normalized spacial score (nSPS) is 14.5. The summed E-state index contributed by atoms with van der Waals surface area (Å²) in [5.74, 6) is 1.00. The highest BCUT2D eigenvalue weighted by molar-refractivity contribution is 9.10. The second-order valence-electron chi connectivity index (χ2n) is 3.73. The molecule has 17 heavy (non-hydrogen) atoms. The summed E-state index contributed by atoms with van der Waals surface area (Å²) in [6, 6.07) is 0.407. The van der Waals surface area contributed by atoms with E-state index in [9.17, 15) is 4.79 Å². The Kier molecular flexibility index (Phi) is 4.22. The third-order valence-corrected chi connectivity index (χ3v) is 4.05. The zero-order valence-corrected chi connectivity index (χ0v) is 11.8. The first-order chi connectivity index (χ1) is 8.19. The molecule has 0 unspecified atom stereocenters. The lowest BCUT2D eigenvalue weighted by Gasteiger charge is -2.05. The maximum absolute atomic E-state index is 11.5. The van der Waals surface area contributed by atoms with Crippen molar-refractivity contribution >= 4 is 39.5 Å². The van der Waals surface area contributed by atoms with Crippen molar-refractivity contribution in [3.63, 3.8) is 0 Å². The van der Waals surface area contributed by atoms with E-state index in [1.807, 2.05) is 0 Å². The van der Waals surface area contributed by atoms with Gasteiger partial charge >= 0.3 is 0 Å². The quantitative estimate of drug-likeness (QED) is 0.638. The van der Waals surface area contributed by atoms with Gasteiger partial charge in [-0.1, -0.05) is 11.8 Å². The molecular formula is C10H13BrN4OS. The molecule has 92 valence electrons. The molecule has 1 saturated carbocycles. The van der Waals surface area contributed by atoms with Gasteiger partial charge in [-0.15, -0.1) is 0 Å². The van der Waals surface area contributed by atoms with Crippen LogP contribution in [0.2, 0.25) is 0 Å². The van der Waals surface area contributed by atoms with E-state index >= 15 is 0 Å². The first kappa shape index (κ1) is 12.6. The van der Waals surface area contributed by atoms with Crippen molar-refractivity contribution < 1.29 is 4.79 Å². The second-order valence-corrected chi connectivity index (χ2v) is 5.55. The van der Waals surface area contributed by atoms with Gasteiger partial charge in [-0.25, -0.2) is 9.97 Å². The minimum absolute atomic E-state index is 0.0639. The van der Waals surface area contributed by atoms with Gasteiger partial charge in [-0.3, -0.25) is 4.79 Å². The smallest absolute Gasteiger partial charge is 0.230 e. The van der Waals surface area contributed by atoms with Gasteiger partial charge in [0.25, 0.3) is 0 Å². The number of aromatic nitrogens is 2. The summed E-state index contributed by atoms with van der Waals surface area (Å²) in [6.07, 6.45) is 3.90. The third-order valence-electron chi connectivity index (χ3n) is 2.22.